The first-order valence-corrected chi connectivity index (χ1v) is 5.50. The van der Waals surface area contributed by atoms with Gasteiger partial charge in [0.2, 0.25) is 0 Å². The lowest BCUT2D eigenvalue weighted by molar-refractivity contribution is 0.104. The molecule has 1 rings (SSSR count). The van der Waals surface area contributed by atoms with Crippen molar-refractivity contribution in [2.24, 2.45) is 0 Å². The van der Waals surface area contributed by atoms with E-state index in [0.29, 0.717) is 28.5 Å². The van der Waals surface area contributed by atoms with Crippen molar-refractivity contribution in [3.63, 3.8) is 0 Å². The predicted octanol–water partition coefficient (Wildman–Crippen LogP) is 4.15. The van der Waals surface area contributed by atoms with E-state index in [4.69, 9.17) is 29.6 Å². The highest BCUT2D eigenvalue weighted by molar-refractivity contribution is 6.42. The second-order valence-electron chi connectivity index (χ2n) is 3.14. The normalized spacial score (nSPS) is 10.3. The Balaban J connectivity index is 2.70. The van der Waals surface area contributed by atoms with E-state index in [9.17, 15) is 4.79 Å². The van der Waals surface area contributed by atoms with E-state index in [1.54, 1.807) is 24.3 Å². The SMILES string of the molecule is C#CCC/C=C/C(=O)c1ccc(Cl)c(Cl)c1. The van der Waals surface area contributed by atoms with Crippen molar-refractivity contribution in [2.45, 2.75) is 12.8 Å². The molecule has 0 saturated heterocycles. The molecule has 0 atom stereocenters. The smallest absolute Gasteiger partial charge is 0.185 e. The Morgan fingerprint density at radius 2 is 2.12 bits per heavy atom. The molecule has 0 radical (unpaired) electrons. The number of rotatable bonds is 4. The van der Waals surface area contributed by atoms with Gasteiger partial charge in [0.25, 0.3) is 0 Å². The Bertz CT molecular complexity index is 455. The maximum Gasteiger partial charge on any atom is 0.185 e. The van der Waals surface area contributed by atoms with Crippen molar-refractivity contribution in [3.05, 3.63) is 46.0 Å². The van der Waals surface area contributed by atoms with Gasteiger partial charge in [0.05, 0.1) is 10.0 Å². The third kappa shape index (κ3) is 3.73. The van der Waals surface area contributed by atoms with Gasteiger partial charge >= 0.3 is 0 Å². The van der Waals surface area contributed by atoms with E-state index in [1.807, 2.05) is 0 Å². The van der Waals surface area contributed by atoms with Crippen LogP contribution < -0.4 is 0 Å². The maximum absolute atomic E-state index is 11.6. The van der Waals surface area contributed by atoms with Crippen LogP contribution in [-0.4, -0.2) is 5.78 Å². The summed E-state index contributed by atoms with van der Waals surface area (Å²) in [5, 5.41) is 0.819. The van der Waals surface area contributed by atoms with Gasteiger partial charge < -0.3 is 0 Å². The Morgan fingerprint density at radius 3 is 2.75 bits per heavy atom. The van der Waals surface area contributed by atoms with Gasteiger partial charge in [0.1, 0.15) is 0 Å². The summed E-state index contributed by atoms with van der Waals surface area (Å²) in [6, 6.07) is 4.80. The van der Waals surface area contributed by atoms with Gasteiger partial charge in [0.15, 0.2) is 5.78 Å². The summed E-state index contributed by atoms with van der Waals surface area (Å²) in [5.41, 5.74) is 0.520. The Morgan fingerprint density at radius 1 is 1.38 bits per heavy atom. The molecule has 1 nitrogen and oxygen atoms in total. The van der Waals surface area contributed by atoms with E-state index in [0.717, 1.165) is 0 Å². The zero-order chi connectivity index (χ0) is 12.0. The zero-order valence-electron chi connectivity index (χ0n) is 8.54. The van der Waals surface area contributed by atoms with Crippen molar-refractivity contribution < 1.29 is 4.79 Å². The molecule has 0 fully saturated rings. The molecular weight excluding hydrogens is 243 g/mol. The van der Waals surface area contributed by atoms with Gasteiger partial charge in [-0.3, -0.25) is 4.79 Å². The van der Waals surface area contributed by atoms with Crippen LogP contribution in [0.3, 0.4) is 0 Å². The van der Waals surface area contributed by atoms with E-state index >= 15 is 0 Å². The number of benzene rings is 1. The number of terminal acetylenes is 1. The molecule has 0 aliphatic rings. The molecule has 0 spiro atoms. The van der Waals surface area contributed by atoms with Crippen molar-refractivity contribution in [3.8, 4) is 12.3 Å². The first kappa shape index (κ1) is 12.8. The molecule has 0 N–H and O–H groups in total. The number of hydrogen-bond donors (Lipinski definition) is 0. The van der Waals surface area contributed by atoms with Crippen LogP contribution in [0, 0.1) is 12.3 Å². The molecule has 0 aliphatic heterocycles. The summed E-state index contributed by atoms with van der Waals surface area (Å²) in [6.07, 6.45) is 9.67. The number of carbonyl (C=O) groups excluding carboxylic acids is 1. The highest BCUT2D eigenvalue weighted by atomic mass is 35.5. The molecule has 0 aromatic heterocycles. The summed E-state index contributed by atoms with van der Waals surface area (Å²) in [6.45, 7) is 0. The molecule has 16 heavy (non-hydrogen) atoms. The van der Waals surface area contributed by atoms with E-state index < -0.39 is 0 Å². The van der Waals surface area contributed by atoms with Crippen LogP contribution in [0.4, 0.5) is 0 Å². The summed E-state index contributed by atoms with van der Waals surface area (Å²) < 4.78 is 0. The average molecular weight is 253 g/mol. The third-order valence-electron chi connectivity index (χ3n) is 1.93. The Labute approximate surface area is 105 Å². The van der Waals surface area contributed by atoms with Crippen molar-refractivity contribution in [1.29, 1.82) is 0 Å². The van der Waals surface area contributed by atoms with Gasteiger partial charge in [-0.1, -0.05) is 29.3 Å². The molecular formula is C13H10Cl2O. The minimum atomic E-state index is -0.101. The van der Waals surface area contributed by atoms with Crippen molar-refractivity contribution in [2.75, 3.05) is 0 Å². The third-order valence-corrected chi connectivity index (χ3v) is 2.67. The Kier molecular flexibility index (Phi) is 5.11. The lowest BCUT2D eigenvalue weighted by Crippen LogP contribution is -1.93. The molecule has 3 heteroatoms. The quantitative estimate of drug-likeness (QED) is 0.341. The van der Waals surface area contributed by atoms with Gasteiger partial charge in [-0.25, -0.2) is 0 Å². The fourth-order valence-electron chi connectivity index (χ4n) is 1.10. The number of unbranched alkanes of at least 4 members (excludes halogenated alkanes) is 1. The van der Waals surface area contributed by atoms with Crippen molar-refractivity contribution in [1.82, 2.24) is 0 Å². The summed E-state index contributed by atoms with van der Waals surface area (Å²) in [4.78, 5) is 11.6. The number of allylic oxidation sites excluding steroid dienone is 2. The van der Waals surface area contributed by atoms with Crippen LogP contribution >= 0.6 is 23.2 Å². The van der Waals surface area contributed by atoms with Crippen LogP contribution in [0.15, 0.2) is 30.4 Å². The lowest BCUT2D eigenvalue weighted by atomic mass is 10.1. The molecule has 0 saturated carbocycles. The maximum atomic E-state index is 11.6. The van der Waals surface area contributed by atoms with Crippen LogP contribution in [0.25, 0.3) is 0 Å². The van der Waals surface area contributed by atoms with Crippen molar-refractivity contribution >= 4 is 29.0 Å². The first-order chi connectivity index (χ1) is 7.65. The monoisotopic (exact) mass is 252 g/mol. The largest absolute Gasteiger partial charge is 0.289 e. The fourth-order valence-corrected chi connectivity index (χ4v) is 1.40. The first-order valence-electron chi connectivity index (χ1n) is 4.74. The Hall–Kier alpha value is -1.23. The van der Waals surface area contributed by atoms with Gasteiger partial charge in [-0.05, 0) is 30.7 Å². The molecule has 82 valence electrons. The second kappa shape index (κ2) is 6.37. The van der Waals surface area contributed by atoms with E-state index in [1.165, 1.54) is 6.08 Å². The minimum absolute atomic E-state index is 0.101. The standard InChI is InChI=1S/C13H10Cl2O/c1-2-3-4-5-6-13(16)10-7-8-11(14)12(15)9-10/h1,5-9H,3-4H2/b6-5+. The second-order valence-corrected chi connectivity index (χ2v) is 3.95. The summed E-state index contributed by atoms with van der Waals surface area (Å²) in [7, 11) is 0. The van der Waals surface area contributed by atoms with Gasteiger partial charge in [-0.15, -0.1) is 12.3 Å². The molecule has 0 aliphatic carbocycles. The number of hydrogen-bond acceptors (Lipinski definition) is 1. The summed E-state index contributed by atoms with van der Waals surface area (Å²) in [5.74, 6) is 2.40. The fraction of sp³-hybridized carbons (Fsp3) is 0.154. The summed E-state index contributed by atoms with van der Waals surface area (Å²) >= 11 is 11.6. The van der Waals surface area contributed by atoms with E-state index in [2.05, 4.69) is 5.92 Å². The van der Waals surface area contributed by atoms with Crippen LogP contribution in [0.1, 0.15) is 23.2 Å². The van der Waals surface area contributed by atoms with Gasteiger partial charge in [0, 0.05) is 12.0 Å². The number of carbonyl (C=O) groups is 1. The number of halogens is 2. The topological polar surface area (TPSA) is 17.1 Å². The molecule has 1 aromatic carbocycles. The van der Waals surface area contributed by atoms with Crippen LogP contribution in [0.2, 0.25) is 10.0 Å². The van der Waals surface area contributed by atoms with Crippen LogP contribution in [0.5, 0.6) is 0 Å². The predicted molar refractivity (Wildman–Crippen MR) is 68.0 cm³/mol. The molecule has 0 heterocycles. The van der Waals surface area contributed by atoms with E-state index in [-0.39, 0.29) is 5.78 Å². The highest BCUT2D eigenvalue weighted by Crippen LogP contribution is 2.22. The number of ketones is 1. The average Bonchev–Trinajstić information content (AvgIpc) is 2.28. The molecule has 0 amide bonds. The molecule has 1 aromatic rings. The van der Waals surface area contributed by atoms with Crippen LogP contribution in [-0.2, 0) is 0 Å². The highest BCUT2D eigenvalue weighted by Gasteiger charge is 2.04. The van der Waals surface area contributed by atoms with Gasteiger partial charge in [-0.2, -0.15) is 0 Å². The molecule has 0 unspecified atom stereocenters. The zero-order valence-corrected chi connectivity index (χ0v) is 10.1. The lowest BCUT2D eigenvalue weighted by Gasteiger charge is -1.98. The minimum Gasteiger partial charge on any atom is -0.289 e. The molecule has 0 bridgehead atoms.